The van der Waals surface area contributed by atoms with Crippen LogP contribution in [0.3, 0.4) is 0 Å². The summed E-state index contributed by atoms with van der Waals surface area (Å²) >= 11 is 0. The third-order valence-electron chi connectivity index (χ3n) is 5.42. The Morgan fingerprint density at radius 3 is 2.90 bits per heavy atom. The van der Waals surface area contributed by atoms with Gasteiger partial charge in [-0.1, -0.05) is 12.1 Å². The minimum atomic E-state index is -0.278. The quantitative estimate of drug-likeness (QED) is 0.571. The molecule has 146 valence electrons. The molecule has 3 heterocycles. The highest BCUT2D eigenvalue weighted by molar-refractivity contribution is 6.04. The van der Waals surface area contributed by atoms with Gasteiger partial charge in [0.05, 0.1) is 7.11 Å². The van der Waals surface area contributed by atoms with Crippen molar-refractivity contribution in [2.45, 2.75) is 25.3 Å². The molecule has 2 aromatic carbocycles. The number of nitrogens with zero attached hydrogens (tertiary/aromatic N) is 3. The number of hydrogen-bond acceptors (Lipinski definition) is 5. The number of rotatable bonds is 4. The molecule has 1 unspecified atom stereocenters. The fourth-order valence-electron chi connectivity index (χ4n) is 3.82. The molecule has 0 saturated heterocycles. The van der Waals surface area contributed by atoms with Crippen molar-refractivity contribution < 1.29 is 13.9 Å². The molecule has 0 aliphatic carbocycles. The van der Waals surface area contributed by atoms with Gasteiger partial charge in [-0.25, -0.2) is 0 Å². The molecule has 1 aliphatic heterocycles. The minimum absolute atomic E-state index is 0.268. The second-order valence-corrected chi connectivity index (χ2v) is 7.23. The number of methoxy groups -OCH3 is 1. The van der Waals surface area contributed by atoms with E-state index in [0.717, 1.165) is 42.0 Å². The Kier molecular flexibility index (Phi) is 4.27. The molecule has 29 heavy (non-hydrogen) atoms. The number of carbonyl (C=O) groups is 1. The van der Waals surface area contributed by atoms with Gasteiger partial charge in [0, 0.05) is 30.0 Å². The Morgan fingerprint density at radius 1 is 1.21 bits per heavy atom. The Labute approximate surface area is 167 Å². The summed E-state index contributed by atoms with van der Waals surface area (Å²) in [4.78, 5) is 12.6. The maximum absolute atomic E-state index is 12.6. The zero-order valence-electron chi connectivity index (χ0n) is 16.0. The third kappa shape index (κ3) is 3.35. The van der Waals surface area contributed by atoms with Gasteiger partial charge >= 0.3 is 0 Å². The van der Waals surface area contributed by atoms with Crippen LogP contribution in [0.4, 0.5) is 5.69 Å². The van der Waals surface area contributed by atoms with Crippen LogP contribution in [-0.4, -0.2) is 27.8 Å². The van der Waals surface area contributed by atoms with Crippen molar-refractivity contribution in [3.63, 3.8) is 0 Å². The van der Waals surface area contributed by atoms with Gasteiger partial charge < -0.3 is 19.0 Å². The average molecular weight is 388 g/mol. The lowest BCUT2D eigenvalue weighted by molar-refractivity contribution is 0.0998. The number of anilines is 1. The van der Waals surface area contributed by atoms with E-state index in [2.05, 4.69) is 32.2 Å². The predicted molar refractivity (Wildman–Crippen MR) is 108 cm³/mol. The Hall–Kier alpha value is -3.61. The number of nitrogens with one attached hydrogen (secondary N) is 1. The van der Waals surface area contributed by atoms with Gasteiger partial charge in [0.1, 0.15) is 23.5 Å². The van der Waals surface area contributed by atoms with Crippen LogP contribution in [0.1, 0.15) is 34.3 Å². The monoisotopic (exact) mass is 388 g/mol. The molecule has 4 aromatic rings. The molecule has 1 amide bonds. The Morgan fingerprint density at radius 2 is 2.07 bits per heavy atom. The van der Waals surface area contributed by atoms with Gasteiger partial charge in [-0.05, 0) is 48.4 Å². The number of furan rings is 1. The van der Waals surface area contributed by atoms with Crippen molar-refractivity contribution in [2.24, 2.45) is 0 Å². The lowest BCUT2D eigenvalue weighted by atomic mass is 9.91. The molecule has 5 rings (SSSR count). The molecule has 1 N–H and O–H groups in total. The van der Waals surface area contributed by atoms with E-state index in [1.54, 1.807) is 31.6 Å². The topological polar surface area (TPSA) is 82.2 Å². The van der Waals surface area contributed by atoms with Crippen molar-refractivity contribution in [1.29, 1.82) is 0 Å². The normalized spacial score (nSPS) is 15.8. The maximum atomic E-state index is 12.6. The zero-order chi connectivity index (χ0) is 19.8. The van der Waals surface area contributed by atoms with Crippen molar-refractivity contribution in [3.05, 3.63) is 72.0 Å². The number of amides is 1. The van der Waals surface area contributed by atoms with Crippen molar-refractivity contribution in [2.75, 3.05) is 12.4 Å². The number of aromatic nitrogens is 3. The molecule has 0 saturated carbocycles. The summed E-state index contributed by atoms with van der Waals surface area (Å²) in [5, 5.41) is 11.8. The molecule has 1 aliphatic rings. The highest BCUT2D eigenvalue weighted by Crippen LogP contribution is 2.29. The van der Waals surface area contributed by atoms with Crippen LogP contribution in [-0.2, 0) is 13.0 Å². The number of fused-ring (bicyclic) bond motifs is 2. The zero-order valence-corrected chi connectivity index (χ0v) is 16.0. The molecular formula is C22H20N4O3. The van der Waals surface area contributed by atoms with Gasteiger partial charge in [-0.2, -0.15) is 0 Å². The van der Waals surface area contributed by atoms with Gasteiger partial charge in [0.15, 0.2) is 5.76 Å². The molecule has 0 spiro atoms. The maximum Gasteiger partial charge on any atom is 0.291 e. The first-order valence-electron chi connectivity index (χ1n) is 9.55. The van der Waals surface area contributed by atoms with E-state index in [0.29, 0.717) is 11.5 Å². The number of carbonyl (C=O) groups excluding carboxylic acids is 1. The third-order valence-corrected chi connectivity index (χ3v) is 5.42. The standard InChI is InChI=1S/C22H20N4O3/c1-28-18-7-8-19-16(10-18)11-20(29-19)22(27)24-17-5-2-14(3-6-17)15-4-9-21-25-23-13-26(21)12-15/h2-3,5-8,10-11,13,15H,4,9,12H2,1H3,(H,24,27). The smallest absolute Gasteiger partial charge is 0.291 e. The van der Waals surface area contributed by atoms with E-state index >= 15 is 0 Å². The fourth-order valence-corrected chi connectivity index (χ4v) is 3.82. The lowest BCUT2D eigenvalue weighted by Crippen LogP contribution is -2.18. The molecule has 7 heteroatoms. The molecule has 7 nitrogen and oxygen atoms in total. The first-order valence-corrected chi connectivity index (χ1v) is 9.55. The minimum Gasteiger partial charge on any atom is -0.497 e. The van der Waals surface area contributed by atoms with Crippen LogP contribution in [0.15, 0.2) is 59.3 Å². The van der Waals surface area contributed by atoms with Crippen LogP contribution in [0, 0.1) is 0 Å². The molecule has 2 aromatic heterocycles. The van der Waals surface area contributed by atoms with E-state index in [9.17, 15) is 4.79 Å². The van der Waals surface area contributed by atoms with Gasteiger partial charge in [-0.15, -0.1) is 10.2 Å². The van der Waals surface area contributed by atoms with Gasteiger partial charge in [-0.3, -0.25) is 4.79 Å². The van der Waals surface area contributed by atoms with E-state index in [1.807, 2.05) is 18.2 Å². The summed E-state index contributed by atoms with van der Waals surface area (Å²) in [6.45, 7) is 0.885. The van der Waals surface area contributed by atoms with Crippen LogP contribution in [0.2, 0.25) is 0 Å². The first kappa shape index (κ1) is 17.5. The summed E-state index contributed by atoms with van der Waals surface area (Å²) in [5.41, 5.74) is 2.63. The van der Waals surface area contributed by atoms with E-state index in [1.165, 1.54) is 5.56 Å². The number of hydrogen-bond donors (Lipinski definition) is 1. The average Bonchev–Trinajstić information content (AvgIpc) is 3.40. The lowest BCUT2D eigenvalue weighted by Gasteiger charge is -2.23. The van der Waals surface area contributed by atoms with Crippen LogP contribution < -0.4 is 10.1 Å². The second kappa shape index (κ2) is 7.09. The van der Waals surface area contributed by atoms with Crippen LogP contribution in [0.25, 0.3) is 11.0 Å². The van der Waals surface area contributed by atoms with Crippen molar-refractivity contribution in [3.8, 4) is 5.75 Å². The van der Waals surface area contributed by atoms with Crippen LogP contribution in [0.5, 0.6) is 5.75 Å². The van der Waals surface area contributed by atoms with Crippen molar-refractivity contribution >= 4 is 22.6 Å². The van der Waals surface area contributed by atoms with Crippen LogP contribution >= 0.6 is 0 Å². The highest BCUT2D eigenvalue weighted by atomic mass is 16.5. The van der Waals surface area contributed by atoms with Gasteiger partial charge in [0.2, 0.25) is 0 Å². The largest absolute Gasteiger partial charge is 0.497 e. The molecular weight excluding hydrogens is 368 g/mol. The summed E-state index contributed by atoms with van der Waals surface area (Å²) in [6, 6.07) is 15.2. The van der Waals surface area contributed by atoms with E-state index < -0.39 is 0 Å². The predicted octanol–water partition coefficient (Wildman–Crippen LogP) is 4.02. The Bertz CT molecular complexity index is 1180. The summed E-state index contributed by atoms with van der Waals surface area (Å²) < 4.78 is 13.0. The molecule has 0 radical (unpaired) electrons. The van der Waals surface area contributed by atoms with E-state index in [-0.39, 0.29) is 11.7 Å². The summed E-state index contributed by atoms with van der Waals surface area (Å²) in [5.74, 6) is 2.19. The summed E-state index contributed by atoms with van der Waals surface area (Å²) in [6.07, 6.45) is 3.77. The Balaban J connectivity index is 1.29. The number of ether oxygens (including phenoxy) is 1. The molecule has 0 bridgehead atoms. The van der Waals surface area contributed by atoms with E-state index in [4.69, 9.17) is 9.15 Å². The number of benzene rings is 2. The highest BCUT2D eigenvalue weighted by Gasteiger charge is 2.21. The first-order chi connectivity index (χ1) is 14.2. The molecule has 1 atom stereocenters. The van der Waals surface area contributed by atoms with Crippen molar-refractivity contribution in [1.82, 2.24) is 14.8 Å². The SMILES string of the molecule is COc1ccc2oc(C(=O)Nc3ccc(C4CCc5nncn5C4)cc3)cc2c1. The molecule has 0 fully saturated rings. The fraction of sp³-hybridized carbons (Fsp3) is 0.227. The summed E-state index contributed by atoms with van der Waals surface area (Å²) in [7, 11) is 1.61. The van der Waals surface area contributed by atoms with Gasteiger partial charge in [0.25, 0.3) is 5.91 Å². The second-order valence-electron chi connectivity index (χ2n) is 7.23. The number of aryl methyl sites for hydroxylation is 1.